The van der Waals surface area contributed by atoms with Crippen LogP contribution >= 0.6 is 0 Å². The molecule has 3 nitrogen and oxygen atoms in total. The molecule has 1 aromatic carbocycles. The Bertz CT molecular complexity index is 574. The van der Waals surface area contributed by atoms with E-state index in [0.29, 0.717) is 17.4 Å². The molecule has 0 saturated carbocycles. The van der Waals surface area contributed by atoms with Crippen molar-refractivity contribution in [3.8, 4) is 0 Å². The number of amides is 1. The van der Waals surface area contributed by atoms with Crippen molar-refractivity contribution in [3.63, 3.8) is 0 Å². The van der Waals surface area contributed by atoms with E-state index in [1.807, 2.05) is 6.92 Å². The highest BCUT2D eigenvalue weighted by Gasteiger charge is 2.38. The summed E-state index contributed by atoms with van der Waals surface area (Å²) >= 11 is 0. The van der Waals surface area contributed by atoms with E-state index in [1.165, 1.54) is 11.1 Å². The zero-order valence-corrected chi connectivity index (χ0v) is 11.0. The second kappa shape index (κ2) is 3.67. The molecule has 0 radical (unpaired) electrons. The summed E-state index contributed by atoms with van der Waals surface area (Å²) in [7, 11) is 0. The lowest BCUT2D eigenvalue weighted by molar-refractivity contribution is -0.112. The summed E-state index contributed by atoms with van der Waals surface area (Å²) in [6.07, 6.45) is 1.89. The first-order chi connectivity index (χ1) is 8.54. The van der Waals surface area contributed by atoms with Gasteiger partial charge in [-0.05, 0) is 41.4 Å². The van der Waals surface area contributed by atoms with Gasteiger partial charge in [-0.25, -0.2) is 0 Å². The van der Waals surface area contributed by atoms with Crippen molar-refractivity contribution < 1.29 is 9.59 Å². The summed E-state index contributed by atoms with van der Waals surface area (Å²) in [5, 5.41) is 2.78. The van der Waals surface area contributed by atoms with E-state index in [9.17, 15) is 9.59 Å². The van der Waals surface area contributed by atoms with Crippen LogP contribution in [0.5, 0.6) is 0 Å². The number of Topliss-reactive ketones (excluding diaryl/α,β-unsaturated/α-hetero) is 1. The maximum atomic E-state index is 12.0. The summed E-state index contributed by atoms with van der Waals surface area (Å²) in [6.45, 7) is 6.41. The van der Waals surface area contributed by atoms with Gasteiger partial charge in [-0.3, -0.25) is 9.59 Å². The van der Waals surface area contributed by atoms with Crippen molar-refractivity contribution in [2.24, 2.45) is 0 Å². The number of rotatable bonds is 1. The van der Waals surface area contributed by atoms with E-state index in [0.717, 1.165) is 24.1 Å². The summed E-state index contributed by atoms with van der Waals surface area (Å²) in [5.41, 5.74) is 4.94. The van der Waals surface area contributed by atoms with Gasteiger partial charge in [-0.1, -0.05) is 26.8 Å². The smallest absolute Gasteiger partial charge is 0.296 e. The summed E-state index contributed by atoms with van der Waals surface area (Å²) in [4.78, 5) is 23.6. The Balaban J connectivity index is 2.32. The lowest BCUT2D eigenvalue weighted by Gasteiger charge is -2.14. The fraction of sp³-hybridized carbons (Fsp3) is 0.467. The molecule has 0 saturated heterocycles. The molecule has 1 amide bonds. The lowest BCUT2D eigenvalue weighted by atomic mass is 9.91. The first kappa shape index (κ1) is 11.5. The summed E-state index contributed by atoms with van der Waals surface area (Å²) in [6, 6.07) is 2.14. The molecule has 0 unspecified atom stereocenters. The Labute approximate surface area is 107 Å². The molecule has 0 spiro atoms. The number of carbonyl (C=O) groups is 2. The predicted molar refractivity (Wildman–Crippen MR) is 70.2 cm³/mol. The molecule has 94 valence electrons. The standard InChI is InChI=1S/C15H17NO2/c1-4-9-6-10-7(2)5-8(3)11(10)13-12(9)14(17)15(18)16-13/h6-8H,4-5H2,1-3H3,(H,16,17,18)/t7-,8+/m0/s1. The van der Waals surface area contributed by atoms with Crippen LogP contribution in [0, 0.1) is 0 Å². The second-order valence-corrected chi connectivity index (χ2v) is 5.46. The van der Waals surface area contributed by atoms with Crippen LogP contribution in [0.3, 0.4) is 0 Å². The Morgan fingerprint density at radius 1 is 1.28 bits per heavy atom. The first-order valence-electron chi connectivity index (χ1n) is 6.59. The van der Waals surface area contributed by atoms with E-state index >= 15 is 0 Å². The number of benzene rings is 1. The van der Waals surface area contributed by atoms with E-state index in [-0.39, 0.29) is 5.78 Å². The normalized spacial score (nSPS) is 25.1. The Morgan fingerprint density at radius 3 is 2.67 bits per heavy atom. The molecule has 0 bridgehead atoms. The third-order valence-corrected chi connectivity index (χ3v) is 4.26. The van der Waals surface area contributed by atoms with Crippen LogP contribution in [0.4, 0.5) is 5.69 Å². The van der Waals surface area contributed by atoms with Crippen molar-refractivity contribution in [2.75, 3.05) is 5.32 Å². The van der Waals surface area contributed by atoms with Gasteiger partial charge >= 0.3 is 0 Å². The lowest BCUT2D eigenvalue weighted by Crippen LogP contribution is -2.13. The Hall–Kier alpha value is -1.64. The maximum Gasteiger partial charge on any atom is 0.296 e. The van der Waals surface area contributed by atoms with Crippen molar-refractivity contribution in [2.45, 2.75) is 45.4 Å². The molecule has 1 heterocycles. The molecule has 3 rings (SSSR count). The molecule has 1 aliphatic heterocycles. The van der Waals surface area contributed by atoms with Gasteiger partial charge in [-0.2, -0.15) is 0 Å². The van der Waals surface area contributed by atoms with Crippen molar-refractivity contribution >= 4 is 17.4 Å². The van der Waals surface area contributed by atoms with Gasteiger partial charge in [0.25, 0.3) is 11.7 Å². The minimum atomic E-state index is -0.472. The summed E-state index contributed by atoms with van der Waals surface area (Å²) < 4.78 is 0. The van der Waals surface area contributed by atoms with E-state index in [4.69, 9.17) is 0 Å². The monoisotopic (exact) mass is 243 g/mol. The average Bonchev–Trinajstić information content (AvgIpc) is 2.78. The Morgan fingerprint density at radius 2 is 2.00 bits per heavy atom. The fourth-order valence-electron chi connectivity index (χ4n) is 3.44. The van der Waals surface area contributed by atoms with Gasteiger partial charge in [0.1, 0.15) is 0 Å². The predicted octanol–water partition coefficient (Wildman–Crippen LogP) is 2.99. The zero-order chi connectivity index (χ0) is 13.0. The fourth-order valence-corrected chi connectivity index (χ4v) is 3.44. The van der Waals surface area contributed by atoms with Crippen LogP contribution in [0.25, 0.3) is 0 Å². The highest BCUT2D eigenvalue weighted by Crippen LogP contribution is 2.48. The number of fused-ring (bicyclic) bond motifs is 3. The van der Waals surface area contributed by atoms with Crippen LogP contribution in [0.2, 0.25) is 0 Å². The molecule has 3 heteroatoms. The molecular weight excluding hydrogens is 226 g/mol. The van der Waals surface area contributed by atoms with Gasteiger partial charge in [-0.15, -0.1) is 0 Å². The SMILES string of the molecule is CCc1cc2c(c3c1C(=O)C(=O)N3)[C@H](C)C[C@@H]2C. The molecule has 2 aliphatic rings. The first-order valence-corrected chi connectivity index (χ1v) is 6.59. The zero-order valence-electron chi connectivity index (χ0n) is 11.0. The van der Waals surface area contributed by atoms with Crippen LogP contribution in [-0.4, -0.2) is 11.7 Å². The van der Waals surface area contributed by atoms with Gasteiger partial charge in [0.2, 0.25) is 0 Å². The number of nitrogens with one attached hydrogen (secondary N) is 1. The molecule has 18 heavy (non-hydrogen) atoms. The van der Waals surface area contributed by atoms with Crippen LogP contribution in [0.15, 0.2) is 6.07 Å². The molecule has 1 aliphatic carbocycles. The molecule has 0 fully saturated rings. The second-order valence-electron chi connectivity index (χ2n) is 5.46. The number of ketones is 1. The minimum Gasteiger partial charge on any atom is -0.318 e. The Kier molecular flexibility index (Phi) is 2.34. The third-order valence-electron chi connectivity index (χ3n) is 4.26. The van der Waals surface area contributed by atoms with Gasteiger partial charge in [0, 0.05) is 0 Å². The molecule has 1 N–H and O–H groups in total. The molecule has 1 aromatic rings. The van der Waals surface area contributed by atoms with E-state index < -0.39 is 5.91 Å². The third kappa shape index (κ3) is 1.30. The largest absolute Gasteiger partial charge is 0.318 e. The number of hydrogen-bond donors (Lipinski definition) is 1. The van der Waals surface area contributed by atoms with Crippen LogP contribution in [0.1, 0.15) is 66.1 Å². The van der Waals surface area contributed by atoms with Crippen LogP contribution < -0.4 is 5.32 Å². The molecule has 2 atom stereocenters. The maximum absolute atomic E-state index is 12.0. The number of anilines is 1. The molecular formula is C15H17NO2. The van der Waals surface area contributed by atoms with E-state index in [1.54, 1.807) is 0 Å². The highest BCUT2D eigenvalue weighted by molar-refractivity contribution is 6.52. The number of hydrogen-bond acceptors (Lipinski definition) is 2. The van der Waals surface area contributed by atoms with E-state index in [2.05, 4.69) is 25.2 Å². The van der Waals surface area contributed by atoms with Crippen molar-refractivity contribution in [1.29, 1.82) is 0 Å². The quantitative estimate of drug-likeness (QED) is 0.771. The highest BCUT2D eigenvalue weighted by atomic mass is 16.2. The molecule has 0 aromatic heterocycles. The summed E-state index contributed by atoms with van der Waals surface area (Å²) in [5.74, 6) is 0.0929. The van der Waals surface area contributed by atoms with Crippen LogP contribution in [-0.2, 0) is 11.2 Å². The minimum absolute atomic E-state index is 0.364. The number of carbonyl (C=O) groups excluding carboxylic acids is 2. The number of aryl methyl sites for hydroxylation is 1. The topological polar surface area (TPSA) is 46.2 Å². The average molecular weight is 243 g/mol. The van der Waals surface area contributed by atoms with Gasteiger partial charge in [0.15, 0.2) is 0 Å². The van der Waals surface area contributed by atoms with Crippen molar-refractivity contribution in [1.82, 2.24) is 0 Å². The van der Waals surface area contributed by atoms with Crippen molar-refractivity contribution in [3.05, 3.63) is 28.3 Å². The van der Waals surface area contributed by atoms with Gasteiger partial charge in [0.05, 0.1) is 11.3 Å². The van der Waals surface area contributed by atoms with Gasteiger partial charge < -0.3 is 5.32 Å².